The van der Waals surface area contributed by atoms with Crippen molar-refractivity contribution < 1.29 is 13.9 Å². The second-order valence-electron chi connectivity index (χ2n) is 5.33. The van der Waals surface area contributed by atoms with Crippen molar-refractivity contribution in [2.24, 2.45) is 0 Å². The number of hydrogen-bond donors (Lipinski definition) is 0. The van der Waals surface area contributed by atoms with Gasteiger partial charge in [-0.2, -0.15) is 11.8 Å². The highest BCUT2D eigenvalue weighted by molar-refractivity contribution is 7.99. The van der Waals surface area contributed by atoms with Crippen molar-refractivity contribution in [3.05, 3.63) is 35.6 Å². The Bertz CT molecular complexity index is 634. The minimum absolute atomic E-state index is 0.319. The molecule has 2 aromatic rings. The highest BCUT2D eigenvalue weighted by Crippen LogP contribution is 2.25. The molecule has 0 bridgehead atoms. The smallest absolute Gasteiger partial charge is 0.374 e. The van der Waals surface area contributed by atoms with Gasteiger partial charge in [0.2, 0.25) is 5.76 Å². The largest absolute Gasteiger partial charge is 0.459 e. The highest BCUT2D eigenvalue weighted by Gasteiger charge is 2.18. The molecule has 4 nitrogen and oxygen atoms in total. The van der Waals surface area contributed by atoms with Crippen molar-refractivity contribution in [3.63, 3.8) is 0 Å². The molecule has 0 radical (unpaired) electrons. The van der Waals surface area contributed by atoms with Crippen molar-refractivity contribution in [1.29, 1.82) is 0 Å². The van der Waals surface area contributed by atoms with Crippen LogP contribution < -0.4 is 0 Å². The molecule has 0 aliphatic heterocycles. The molecule has 0 aliphatic carbocycles. The third kappa shape index (κ3) is 4.75. The first-order chi connectivity index (χ1) is 11.2. The van der Waals surface area contributed by atoms with Crippen LogP contribution in [0.4, 0.5) is 0 Å². The first-order valence-corrected chi connectivity index (χ1v) is 9.28. The molecular formula is C18H25NO3S. The van der Waals surface area contributed by atoms with E-state index in [2.05, 4.69) is 18.7 Å². The van der Waals surface area contributed by atoms with Gasteiger partial charge < -0.3 is 14.1 Å². The van der Waals surface area contributed by atoms with E-state index in [1.807, 2.05) is 43.0 Å². The van der Waals surface area contributed by atoms with Crippen LogP contribution in [0.5, 0.6) is 0 Å². The fraction of sp³-hybridized carbons (Fsp3) is 0.500. The van der Waals surface area contributed by atoms with Crippen LogP contribution in [-0.2, 0) is 4.74 Å². The zero-order valence-electron chi connectivity index (χ0n) is 14.1. The molecule has 0 amide bonds. The van der Waals surface area contributed by atoms with Gasteiger partial charge >= 0.3 is 5.97 Å². The van der Waals surface area contributed by atoms with E-state index in [4.69, 9.17) is 9.15 Å². The highest BCUT2D eigenvalue weighted by atomic mass is 32.2. The molecular weight excluding hydrogens is 310 g/mol. The number of furan rings is 1. The Balaban J connectivity index is 1.75. The Morgan fingerprint density at radius 1 is 1.22 bits per heavy atom. The monoisotopic (exact) mass is 335 g/mol. The molecule has 0 unspecified atom stereocenters. The maximum absolute atomic E-state index is 12.1. The Morgan fingerprint density at radius 2 is 1.96 bits per heavy atom. The summed E-state index contributed by atoms with van der Waals surface area (Å²) in [7, 11) is 0. The Hall–Kier alpha value is -1.46. The van der Waals surface area contributed by atoms with Crippen LogP contribution in [0.25, 0.3) is 11.0 Å². The van der Waals surface area contributed by atoms with Gasteiger partial charge in [-0.05, 0) is 26.1 Å². The lowest BCUT2D eigenvalue weighted by Gasteiger charge is -2.17. The SMILES string of the molecule is CCN(CC)CCSCCOC(=O)c1oc2ccccc2c1C. The van der Waals surface area contributed by atoms with Gasteiger partial charge in [-0.15, -0.1) is 0 Å². The average Bonchev–Trinajstić information content (AvgIpc) is 2.91. The zero-order chi connectivity index (χ0) is 16.7. The maximum Gasteiger partial charge on any atom is 0.374 e. The van der Waals surface area contributed by atoms with Crippen molar-refractivity contribution in [3.8, 4) is 0 Å². The van der Waals surface area contributed by atoms with Crippen LogP contribution in [0.2, 0.25) is 0 Å². The number of thioether (sulfide) groups is 1. The number of aryl methyl sites for hydroxylation is 1. The molecule has 126 valence electrons. The van der Waals surface area contributed by atoms with Gasteiger partial charge in [0.25, 0.3) is 0 Å². The third-order valence-corrected chi connectivity index (χ3v) is 4.86. The fourth-order valence-electron chi connectivity index (χ4n) is 2.46. The van der Waals surface area contributed by atoms with E-state index in [1.54, 1.807) is 0 Å². The molecule has 0 fully saturated rings. The maximum atomic E-state index is 12.1. The lowest BCUT2D eigenvalue weighted by molar-refractivity contribution is 0.0495. The summed E-state index contributed by atoms with van der Waals surface area (Å²) in [5.74, 6) is 1.82. The molecule has 0 saturated heterocycles. The third-order valence-electron chi connectivity index (χ3n) is 3.94. The Kier molecular flexibility index (Phi) is 6.99. The van der Waals surface area contributed by atoms with Crippen molar-refractivity contribution in [1.82, 2.24) is 4.90 Å². The molecule has 0 N–H and O–H groups in total. The molecule has 0 saturated carbocycles. The number of rotatable bonds is 9. The van der Waals surface area contributed by atoms with Gasteiger partial charge in [-0.1, -0.05) is 32.0 Å². The summed E-state index contributed by atoms with van der Waals surface area (Å²) in [6, 6.07) is 7.65. The van der Waals surface area contributed by atoms with Crippen molar-refractivity contribution >= 4 is 28.7 Å². The van der Waals surface area contributed by atoms with Crippen LogP contribution in [0.15, 0.2) is 28.7 Å². The number of para-hydroxylation sites is 1. The fourth-order valence-corrected chi connectivity index (χ4v) is 3.26. The van der Waals surface area contributed by atoms with E-state index in [9.17, 15) is 4.79 Å². The summed E-state index contributed by atoms with van der Waals surface area (Å²) in [4.78, 5) is 14.5. The summed E-state index contributed by atoms with van der Waals surface area (Å²) in [5, 5.41) is 0.966. The molecule has 23 heavy (non-hydrogen) atoms. The van der Waals surface area contributed by atoms with Gasteiger partial charge in [0.1, 0.15) is 12.2 Å². The molecule has 1 aromatic heterocycles. The zero-order valence-corrected chi connectivity index (χ0v) is 14.9. The molecule has 0 spiro atoms. The topological polar surface area (TPSA) is 42.7 Å². The van der Waals surface area contributed by atoms with Crippen LogP contribution in [-0.4, -0.2) is 48.6 Å². The first-order valence-electron chi connectivity index (χ1n) is 8.12. The van der Waals surface area contributed by atoms with E-state index in [1.165, 1.54) is 0 Å². The standard InChI is InChI=1S/C18H25NO3S/c1-4-19(5-2)10-12-23-13-11-21-18(20)17-14(3)15-8-6-7-9-16(15)22-17/h6-9H,4-5,10-13H2,1-3H3. The van der Waals surface area contributed by atoms with Crippen molar-refractivity contribution in [2.45, 2.75) is 20.8 Å². The summed E-state index contributed by atoms with van der Waals surface area (Å²) >= 11 is 1.81. The molecule has 0 atom stereocenters. The lowest BCUT2D eigenvalue weighted by atomic mass is 10.1. The van der Waals surface area contributed by atoms with Gasteiger partial charge in [0.05, 0.1) is 0 Å². The van der Waals surface area contributed by atoms with E-state index in [-0.39, 0.29) is 5.97 Å². The summed E-state index contributed by atoms with van der Waals surface area (Å²) < 4.78 is 10.9. The second kappa shape index (κ2) is 8.99. The van der Waals surface area contributed by atoms with Crippen LogP contribution in [0, 0.1) is 6.92 Å². The number of esters is 1. The number of ether oxygens (including phenoxy) is 1. The van der Waals surface area contributed by atoms with E-state index < -0.39 is 0 Å². The molecule has 1 heterocycles. The number of benzene rings is 1. The molecule has 2 rings (SSSR count). The van der Waals surface area contributed by atoms with Gasteiger partial charge in [-0.3, -0.25) is 0 Å². The average molecular weight is 335 g/mol. The van der Waals surface area contributed by atoms with E-state index in [0.29, 0.717) is 12.4 Å². The van der Waals surface area contributed by atoms with Crippen molar-refractivity contribution in [2.75, 3.05) is 37.7 Å². The predicted molar refractivity (Wildman–Crippen MR) is 96.3 cm³/mol. The van der Waals surface area contributed by atoms with Crippen LogP contribution in [0.1, 0.15) is 30.0 Å². The number of nitrogens with zero attached hydrogens (tertiary/aromatic N) is 1. The van der Waals surface area contributed by atoms with E-state index >= 15 is 0 Å². The predicted octanol–water partition coefficient (Wildman–Crippen LogP) is 3.97. The molecule has 1 aromatic carbocycles. The minimum atomic E-state index is -0.372. The number of fused-ring (bicyclic) bond motifs is 1. The number of hydrogen-bond acceptors (Lipinski definition) is 5. The van der Waals surface area contributed by atoms with E-state index in [0.717, 1.165) is 47.7 Å². The molecule has 0 aliphatic rings. The van der Waals surface area contributed by atoms with Crippen LogP contribution in [0.3, 0.4) is 0 Å². The Morgan fingerprint density at radius 3 is 2.65 bits per heavy atom. The van der Waals surface area contributed by atoms with Gasteiger partial charge in [0, 0.05) is 29.0 Å². The summed E-state index contributed by atoms with van der Waals surface area (Å²) in [6.07, 6.45) is 0. The molecule has 5 heteroatoms. The Labute approximate surface area is 142 Å². The quantitative estimate of drug-likeness (QED) is 0.512. The summed E-state index contributed by atoms with van der Waals surface area (Å²) in [5.41, 5.74) is 1.57. The van der Waals surface area contributed by atoms with Gasteiger partial charge in [-0.25, -0.2) is 4.79 Å². The lowest BCUT2D eigenvalue weighted by Crippen LogP contribution is -2.25. The summed E-state index contributed by atoms with van der Waals surface area (Å²) in [6.45, 7) is 9.89. The number of carbonyl (C=O) groups is 1. The second-order valence-corrected chi connectivity index (χ2v) is 6.55. The minimum Gasteiger partial charge on any atom is -0.459 e. The first kappa shape index (κ1) is 17.9. The number of carbonyl (C=O) groups excluding carboxylic acids is 1. The normalized spacial score (nSPS) is 11.3. The van der Waals surface area contributed by atoms with Crippen LogP contribution >= 0.6 is 11.8 Å². The van der Waals surface area contributed by atoms with Gasteiger partial charge in [0.15, 0.2) is 0 Å².